The predicted octanol–water partition coefficient (Wildman–Crippen LogP) is 2.59. The fourth-order valence-electron chi connectivity index (χ4n) is 1.65. The number of rotatable bonds is 9. The highest BCUT2D eigenvalue weighted by atomic mass is 16.6. The van der Waals surface area contributed by atoms with Crippen molar-refractivity contribution < 1.29 is 9.53 Å². The highest BCUT2D eigenvalue weighted by molar-refractivity contribution is 5.77. The first kappa shape index (κ1) is 18.7. The second-order valence-corrected chi connectivity index (χ2v) is 5.94. The number of nitrogens with one attached hydrogen (secondary N) is 1. The molecule has 0 rings (SSSR count). The number of carbonyl (C=O) groups excluding carboxylic acids is 1. The minimum absolute atomic E-state index is 0.105. The van der Waals surface area contributed by atoms with Gasteiger partial charge in [0, 0.05) is 19.5 Å². The molecule has 20 heavy (non-hydrogen) atoms. The number of nitrogens with two attached hydrogens (primary N) is 1. The molecule has 0 saturated heterocycles. The van der Waals surface area contributed by atoms with Gasteiger partial charge in [-0.2, -0.15) is 0 Å². The molecule has 5 nitrogen and oxygen atoms in total. The van der Waals surface area contributed by atoms with Crippen molar-refractivity contribution in [1.29, 1.82) is 0 Å². The average molecular weight is 285 g/mol. The molecule has 0 saturated carbocycles. The van der Waals surface area contributed by atoms with Crippen LogP contribution in [0.25, 0.3) is 0 Å². The Morgan fingerprint density at radius 3 is 2.45 bits per heavy atom. The van der Waals surface area contributed by atoms with Crippen molar-refractivity contribution in [3.8, 4) is 0 Å². The van der Waals surface area contributed by atoms with Gasteiger partial charge >= 0.3 is 5.97 Å². The SMILES string of the molecule is CCCN=C(N)NCCCCCCC(=O)OC(C)(C)C. The third kappa shape index (κ3) is 13.2. The molecular weight excluding hydrogens is 254 g/mol. The molecule has 0 spiro atoms. The highest BCUT2D eigenvalue weighted by Crippen LogP contribution is 2.10. The minimum Gasteiger partial charge on any atom is -0.460 e. The maximum Gasteiger partial charge on any atom is 0.306 e. The van der Waals surface area contributed by atoms with Crippen molar-refractivity contribution >= 4 is 11.9 Å². The average Bonchev–Trinajstić information content (AvgIpc) is 2.33. The Labute approximate surface area is 123 Å². The smallest absolute Gasteiger partial charge is 0.306 e. The maximum atomic E-state index is 11.5. The molecule has 0 aliphatic heterocycles. The highest BCUT2D eigenvalue weighted by Gasteiger charge is 2.15. The topological polar surface area (TPSA) is 76.7 Å². The first-order chi connectivity index (χ1) is 9.35. The van der Waals surface area contributed by atoms with Crippen LogP contribution in [0.15, 0.2) is 4.99 Å². The Morgan fingerprint density at radius 2 is 1.85 bits per heavy atom. The van der Waals surface area contributed by atoms with Crippen LogP contribution >= 0.6 is 0 Å². The summed E-state index contributed by atoms with van der Waals surface area (Å²) >= 11 is 0. The summed E-state index contributed by atoms with van der Waals surface area (Å²) < 4.78 is 5.25. The molecule has 0 unspecified atom stereocenters. The molecule has 0 aromatic heterocycles. The third-order valence-corrected chi connectivity index (χ3v) is 2.54. The van der Waals surface area contributed by atoms with Crippen molar-refractivity contribution in [3.63, 3.8) is 0 Å². The van der Waals surface area contributed by atoms with Gasteiger partial charge in [0.15, 0.2) is 5.96 Å². The summed E-state index contributed by atoms with van der Waals surface area (Å²) in [6.07, 6.45) is 5.55. The van der Waals surface area contributed by atoms with Gasteiger partial charge in [-0.3, -0.25) is 9.79 Å². The van der Waals surface area contributed by atoms with E-state index < -0.39 is 0 Å². The molecule has 5 heteroatoms. The molecule has 0 radical (unpaired) electrons. The van der Waals surface area contributed by atoms with Gasteiger partial charge < -0.3 is 15.8 Å². The zero-order valence-corrected chi connectivity index (χ0v) is 13.5. The van der Waals surface area contributed by atoms with E-state index in [1.165, 1.54) is 0 Å². The molecule has 0 bridgehead atoms. The molecular formula is C15H31N3O2. The summed E-state index contributed by atoms with van der Waals surface area (Å²) in [6, 6.07) is 0. The van der Waals surface area contributed by atoms with Crippen molar-refractivity contribution in [2.75, 3.05) is 13.1 Å². The zero-order chi connectivity index (χ0) is 15.4. The van der Waals surface area contributed by atoms with Crippen molar-refractivity contribution in [3.05, 3.63) is 0 Å². The fraction of sp³-hybridized carbons (Fsp3) is 0.867. The van der Waals surface area contributed by atoms with Crippen LogP contribution in [0.1, 0.15) is 66.2 Å². The Morgan fingerprint density at radius 1 is 1.20 bits per heavy atom. The van der Waals surface area contributed by atoms with E-state index in [0.29, 0.717) is 12.4 Å². The van der Waals surface area contributed by atoms with Crippen LogP contribution in [0.3, 0.4) is 0 Å². The monoisotopic (exact) mass is 285 g/mol. The van der Waals surface area contributed by atoms with E-state index in [1.54, 1.807) is 0 Å². The van der Waals surface area contributed by atoms with E-state index in [4.69, 9.17) is 10.5 Å². The van der Waals surface area contributed by atoms with Gasteiger partial charge in [0.05, 0.1) is 0 Å². The molecule has 118 valence electrons. The molecule has 0 heterocycles. The Kier molecular flexibility index (Phi) is 9.86. The number of esters is 1. The number of guanidine groups is 1. The van der Waals surface area contributed by atoms with Gasteiger partial charge in [0.1, 0.15) is 5.60 Å². The van der Waals surface area contributed by atoms with Crippen LogP contribution < -0.4 is 11.1 Å². The standard InChI is InChI=1S/C15H31N3O2/c1-5-11-17-14(16)18-12-9-7-6-8-10-13(19)20-15(2,3)4/h5-12H2,1-4H3,(H3,16,17,18). The van der Waals surface area contributed by atoms with Crippen LogP contribution in [-0.4, -0.2) is 30.6 Å². The predicted molar refractivity (Wildman–Crippen MR) is 83.7 cm³/mol. The van der Waals surface area contributed by atoms with Gasteiger partial charge in [-0.15, -0.1) is 0 Å². The molecule has 0 aromatic rings. The molecule has 0 amide bonds. The van der Waals surface area contributed by atoms with E-state index in [2.05, 4.69) is 17.2 Å². The summed E-state index contributed by atoms with van der Waals surface area (Å²) in [4.78, 5) is 15.6. The Hall–Kier alpha value is -1.26. The van der Waals surface area contributed by atoms with Gasteiger partial charge in [-0.1, -0.05) is 19.8 Å². The summed E-state index contributed by atoms with van der Waals surface area (Å²) in [5.74, 6) is 0.423. The van der Waals surface area contributed by atoms with E-state index >= 15 is 0 Å². The zero-order valence-electron chi connectivity index (χ0n) is 13.5. The number of nitrogens with zero attached hydrogens (tertiary/aromatic N) is 1. The maximum absolute atomic E-state index is 11.5. The summed E-state index contributed by atoms with van der Waals surface area (Å²) in [5.41, 5.74) is 5.30. The lowest BCUT2D eigenvalue weighted by molar-refractivity contribution is -0.154. The van der Waals surface area contributed by atoms with Crippen LogP contribution in [0.5, 0.6) is 0 Å². The Bertz CT molecular complexity index is 296. The molecule has 0 atom stereocenters. The first-order valence-corrected chi connectivity index (χ1v) is 7.61. The lowest BCUT2D eigenvalue weighted by Crippen LogP contribution is -2.32. The van der Waals surface area contributed by atoms with E-state index in [-0.39, 0.29) is 11.6 Å². The quantitative estimate of drug-likeness (QED) is 0.295. The van der Waals surface area contributed by atoms with Crippen molar-refractivity contribution in [1.82, 2.24) is 5.32 Å². The lowest BCUT2D eigenvalue weighted by atomic mass is 10.1. The number of unbranched alkanes of at least 4 members (excludes halogenated alkanes) is 3. The van der Waals surface area contributed by atoms with Crippen molar-refractivity contribution in [2.24, 2.45) is 10.7 Å². The number of hydrogen-bond donors (Lipinski definition) is 2. The van der Waals surface area contributed by atoms with Gasteiger partial charge in [0.25, 0.3) is 0 Å². The number of carbonyl (C=O) groups is 1. The van der Waals surface area contributed by atoms with Crippen LogP contribution in [0, 0.1) is 0 Å². The lowest BCUT2D eigenvalue weighted by Gasteiger charge is -2.19. The third-order valence-electron chi connectivity index (χ3n) is 2.54. The van der Waals surface area contributed by atoms with Crippen LogP contribution in [0.4, 0.5) is 0 Å². The van der Waals surface area contributed by atoms with Gasteiger partial charge in [-0.05, 0) is 40.0 Å². The molecule has 0 fully saturated rings. The van der Waals surface area contributed by atoms with Crippen LogP contribution in [-0.2, 0) is 9.53 Å². The molecule has 0 aliphatic carbocycles. The summed E-state index contributed by atoms with van der Waals surface area (Å²) in [6.45, 7) is 9.35. The van der Waals surface area contributed by atoms with E-state index in [1.807, 2.05) is 20.8 Å². The normalized spacial score (nSPS) is 12.3. The first-order valence-electron chi connectivity index (χ1n) is 7.61. The van der Waals surface area contributed by atoms with Gasteiger partial charge in [-0.25, -0.2) is 0 Å². The second kappa shape index (κ2) is 10.5. The molecule has 3 N–H and O–H groups in total. The Balaban J connectivity index is 3.43. The molecule has 0 aliphatic rings. The molecule has 0 aromatic carbocycles. The fourth-order valence-corrected chi connectivity index (χ4v) is 1.65. The van der Waals surface area contributed by atoms with E-state index in [0.717, 1.165) is 45.2 Å². The number of aliphatic imine (C=N–C) groups is 1. The van der Waals surface area contributed by atoms with Crippen LogP contribution in [0.2, 0.25) is 0 Å². The summed E-state index contributed by atoms with van der Waals surface area (Å²) in [5, 5.41) is 3.08. The second-order valence-electron chi connectivity index (χ2n) is 5.94. The van der Waals surface area contributed by atoms with Gasteiger partial charge in [0.2, 0.25) is 0 Å². The van der Waals surface area contributed by atoms with E-state index in [9.17, 15) is 4.79 Å². The summed E-state index contributed by atoms with van der Waals surface area (Å²) in [7, 11) is 0. The van der Waals surface area contributed by atoms with Crippen molar-refractivity contribution in [2.45, 2.75) is 71.8 Å². The number of hydrogen-bond acceptors (Lipinski definition) is 3. The minimum atomic E-state index is -0.379. The largest absolute Gasteiger partial charge is 0.460 e. The number of ether oxygens (including phenoxy) is 1.